The number of ketones is 1. The number of carbonyl (C=O) groups excluding carboxylic acids is 2. The van der Waals surface area contributed by atoms with Gasteiger partial charge in [0.2, 0.25) is 5.75 Å². The van der Waals surface area contributed by atoms with Crippen molar-refractivity contribution >= 4 is 39.6 Å². The number of phenols is 2. The number of nitrogens with zero attached hydrogens (tertiary/aromatic N) is 1. The zero-order valence-electron chi connectivity index (χ0n) is 24.3. The molecule has 0 aromatic heterocycles. The lowest BCUT2D eigenvalue weighted by Gasteiger charge is -2.33. The highest BCUT2D eigenvalue weighted by Gasteiger charge is 2.36. The fourth-order valence-electron chi connectivity index (χ4n) is 5.53. The van der Waals surface area contributed by atoms with Crippen molar-refractivity contribution in [2.45, 2.75) is 58.0 Å². The van der Waals surface area contributed by atoms with Crippen LogP contribution in [0, 0.1) is 11.8 Å². The van der Waals surface area contributed by atoms with E-state index in [-0.39, 0.29) is 59.6 Å². The van der Waals surface area contributed by atoms with Crippen LogP contribution in [0.5, 0.6) is 28.7 Å². The summed E-state index contributed by atoms with van der Waals surface area (Å²) >= 11 is 0. The van der Waals surface area contributed by atoms with E-state index in [4.69, 9.17) is 14.2 Å². The maximum atomic E-state index is 13.6. The summed E-state index contributed by atoms with van der Waals surface area (Å²) in [6.45, 7) is 4.20. The number of methoxy groups -OCH3 is 1. The SMILES string of the molecule is CCCC[C@@H]1[C@@H](OC(C)=O)CC(=O)C[C@@H](c2cc(O)c(Oc3cccc(O)c3)c(OC)c2)CSSC[C@H]1C1=CCN=C1. The molecule has 0 spiro atoms. The molecule has 2 aromatic carbocycles. The number of hydrogen-bond donors (Lipinski definition) is 2. The van der Waals surface area contributed by atoms with Gasteiger partial charge in [-0.3, -0.25) is 14.6 Å². The first-order valence-electron chi connectivity index (χ1n) is 14.3. The lowest BCUT2D eigenvalue weighted by Crippen LogP contribution is -2.36. The fraction of sp³-hybridized carbons (Fsp3) is 0.469. The Bertz CT molecular complexity index is 1310. The second kappa shape index (κ2) is 15.4. The topological polar surface area (TPSA) is 115 Å². The highest BCUT2D eigenvalue weighted by molar-refractivity contribution is 8.76. The molecule has 2 aliphatic rings. The van der Waals surface area contributed by atoms with Crippen LogP contribution in [0.15, 0.2) is 53.0 Å². The summed E-state index contributed by atoms with van der Waals surface area (Å²) in [6, 6.07) is 9.67. The first-order valence-corrected chi connectivity index (χ1v) is 16.8. The van der Waals surface area contributed by atoms with E-state index >= 15 is 0 Å². The zero-order chi connectivity index (χ0) is 30.1. The molecule has 42 heavy (non-hydrogen) atoms. The van der Waals surface area contributed by atoms with Crippen LogP contribution in [0.4, 0.5) is 0 Å². The fourth-order valence-corrected chi connectivity index (χ4v) is 8.30. The molecule has 1 fully saturated rings. The molecule has 1 saturated heterocycles. The molecular weight excluding hydrogens is 574 g/mol. The number of unbranched alkanes of at least 4 members (excludes halogenated alkanes) is 1. The normalized spacial score (nSPS) is 23.1. The number of phenolic OH excluding ortho intramolecular Hbond substituents is 2. The molecule has 0 aliphatic carbocycles. The Labute approximate surface area is 255 Å². The maximum absolute atomic E-state index is 13.6. The largest absolute Gasteiger partial charge is 0.508 e. The molecule has 8 nitrogen and oxygen atoms in total. The van der Waals surface area contributed by atoms with E-state index in [2.05, 4.69) is 18.0 Å². The first kappa shape index (κ1) is 31.8. The van der Waals surface area contributed by atoms with Gasteiger partial charge in [-0.15, -0.1) is 0 Å². The monoisotopic (exact) mass is 613 g/mol. The van der Waals surface area contributed by atoms with Crippen molar-refractivity contribution in [3.05, 3.63) is 53.6 Å². The highest BCUT2D eigenvalue weighted by atomic mass is 33.1. The smallest absolute Gasteiger partial charge is 0.302 e. The summed E-state index contributed by atoms with van der Waals surface area (Å²) in [5, 5.41) is 20.8. The number of aromatic hydroxyl groups is 2. The van der Waals surface area contributed by atoms with Gasteiger partial charge in [-0.25, -0.2) is 0 Å². The van der Waals surface area contributed by atoms with E-state index in [0.29, 0.717) is 23.8 Å². The zero-order valence-corrected chi connectivity index (χ0v) is 25.9. The molecule has 2 heterocycles. The van der Waals surface area contributed by atoms with Crippen LogP contribution in [-0.4, -0.2) is 59.4 Å². The number of hydrogen-bond acceptors (Lipinski definition) is 10. The standard InChI is InChI=1S/C32H39NO7S2/c1-4-5-9-27-28(21-10-11-33-17-21)19-42-41-18-23(12-25(36)16-30(27)39-20(2)34)22-13-29(37)32(31(14-22)38-3)40-26-8-6-7-24(35)15-26/h6-8,10,13-15,17,23,27-28,30,35,37H,4-5,9,11-12,16,18-19H2,1-3H3/t23-,27+,28+,30+/m1/s1. The Morgan fingerprint density at radius 2 is 1.93 bits per heavy atom. The number of ether oxygens (including phenoxy) is 3. The third-order valence-electron chi connectivity index (χ3n) is 7.59. The van der Waals surface area contributed by atoms with Crippen molar-refractivity contribution in [1.29, 1.82) is 0 Å². The minimum atomic E-state index is -0.521. The summed E-state index contributed by atoms with van der Waals surface area (Å²) in [5.41, 5.74) is 1.91. The summed E-state index contributed by atoms with van der Waals surface area (Å²) in [6.07, 6.45) is 6.77. The minimum Gasteiger partial charge on any atom is -0.508 e. The van der Waals surface area contributed by atoms with Crippen molar-refractivity contribution in [1.82, 2.24) is 0 Å². The molecule has 4 rings (SSSR count). The summed E-state index contributed by atoms with van der Waals surface area (Å²) in [7, 11) is 4.94. The van der Waals surface area contributed by atoms with E-state index in [0.717, 1.165) is 36.2 Å². The minimum absolute atomic E-state index is 0.00612. The molecule has 226 valence electrons. The lowest BCUT2D eigenvalue weighted by atomic mass is 9.78. The lowest BCUT2D eigenvalue weighted by molar-refractivity contribution is -0.151. The third-order valence-corrected chi connectivity index (χ3v) is 10.1. The molecular formula is C32H39NO7S2. The molecule has 0 amide bonds. The van der Waals surface area contributed by atoms with E-state index < -0.39 is 6.10 Å². The van der Waals surface area contributed by atoms with Crippen LogP contribution in [-0.2, 0) is 14.3 Å². The Morgan fingerprint density at radius 1 is 1.12 bits per heavy atom. The van der Waals surface area contributed by atoms with Crippen LogP contribution in [0.2, 0.25) is 0 Å². The van der Waals surface area contributed by atoms with Gasteiger partial charge in [0.25, 0.3) is 0 Å². The Kier molecular flexibility index (Phi) is 11.7. The van der Waals surface area contributed by atoms with Crippen LogP contribution in [0.3, 0.4) is 0 Å². The molecule has 2 aromatic rings. The number of benzene rings is 2. The highest BCUT2D eigenvalue weighted by Crippen LogP contribution is 2.45. The first-order chi connectivity index (χ1) is 20.3. The predicted molar refractivity (Wildman–Crippen MR) is 168 cm³/mol. The van der Waals surface area contributed by atoms with Gasteiger partial charge in [-0.1, -0.05) is 53.5 Å². The molecule has 0 radical (unpaired) electrons. The molecule has 0 saturated carbocycles. The summed E-state index contributed by atoms with van der Waals surface area (Å²) in [4.78, 5) is 30.3. The number of aliphatic imine (C=N–C) groups is 1. The Hall–Kier alpha value is -3.11. The Balaban J connectivity index is 1.62. The van der Waals surface area contributed by atoms with E-state index in [1.807, 2.05) is 6.21 Å². The van der Waals surface area contributed by atoms with Gasteiger partial charge < -0.3 is 24.4 Å². The predicted octanol–water partition coefficient (Wildman–Crippen LogP) is 7.09. The molecule has 0 unspecified atom stereocenters. The number of allylic oxidation sites excluding steroid dienone is 1. The van der Waals surface area contributed by atoms with Crippen LogP contribution in [0.1, 0.15) is 57.4 Å². The molecule has 0 bridgehead atoms. The number of Topliss-reactive ketones (excluding diaryl/α,β-unsaturated/α-hetero) is 1. The molecule has 2 aliphatic heterocycles. The second-order valence-electron chi connectivity index (χ2n) is 10.6. The van der Waals surface area contributed by atoms with Crippen molar-refractivity contribution in [3.8, 4) is 28.7 Å². The summed E-state index contributed by atoms with van der Waals surface area (Å²) in [5.74, 6) is 1.69. The van der Waals surface area contributed by atoms with Crippen molar-refractivity contribution in [2.24, 2.45) is 16.8 Å². The van der Waals surface area contributed by atoms with Crippen molar-refractivity contribution in [2.75, 3.05) is 25.2 Å². The van der Waals surface area contributed by atoms with Gasteiger partial charge >= 0.3 is 5.97 Å². The van der Waals surface area contributed by atoms with Gasteiger partial charge in [0.05, 0.1) is 13.7 Å². The number of rotatable bonds is 9. The maximum Gasteiger partial charge on any atom is 0.302 e. The average Bonchev–Trinajstić information content (AvgIpc) is 3.48. The molecule has 10 heteroatoms. The van der Waals surface area contributed by atoms with Crippen LogP contribution in [0.25, 0.3) is 0 Å². The van der Waals surface area contributed by atoms with Gasteiger partial charge in [-0.2, -0.15) is 0 Å². The van der Waals surface area contributed by atoms with Crippen molar-refractivity contribution in [3.63, 3.8) is 0 Å². The third kappa shape index (κ3) is 8.47. The van der Waals surface area contributed by atoms with E-state index in [9.17, 15) is 19.8 Å². The molecule has 2 N–H and O–H groups in total. The Morgan fingerprint density at radius 3 is 2.62 bits per heavy atom. The number of carbonyl (C=O) groups is 2. The van der Waals surface area contributed by atoms with Crippen molar-refractivity contribution < 1.29 is 34.0 Å². The van der Waals surface area contributed by atoms with Crippen LogP contribution < -0.4 is 9.47 Å². The number of esters is 1. The van der Waals surface area contributed by atoms with Gasteiger partial charge in [0.15, 0.2) is 11.5 Å². The van der Waals surface area contributed by atoms with E-state index in [1.165, 1.54) is 26.2 Å². The van der Waals surface area contributed by atoms with Gasteiger partial charge in [-0.05, 0) is 41.8 Å². The van der Waals surface area contributed by atoms with Crippen LogP contribution >= 0.6 is 21.6 Å². The summed E-state index contributed by atoms with van der Waals surface area (Å²) < 4.78 is 17.3. The quantitative estimate of drug-likeness (QED) is 0.226. The van der Waals surface area contributed by atoms with Gasteiger partial charge in [0, 0.05) is 61.3 Å². The van der Waals surface area contributed by atoms with Gasteiger partial charge in [0.1, 0.15) is 23.4 Å². The van der Waals surface area contributed by atoms with E-state index in [1.54, 1.807) is 45.9 Å². The second-order valence-corrected chi connectivity index (χ2v) is 13.2. The average molecular weight is 614 g/mol. The molecule has 4 atom stereocenters.